The summed E-state index contributed by atoms with van der Waals surface area (Å²) in [7, 11) is 0. The molecule has 0 spiro atoms. The van der Waals surface area contributed by atoms with E-state index in [1.54, 1.807) is 12.4 Å². The van der Waals surface area contributed by atoms with Gasteiger partial charge in [-0.1, -0.05) is 32.3 Å². The molecule has 0 aromatic carbocycles. The Kier molecular flexibility index (Phi) is 14.1. The molecule has 8 heteroatoms. The van der Waals surface area contributed by atoms with Gasteiger partial charge in [-0.25, -0.2) is 9.97 Å². The van der Waals surface area contributed by atoms with Gasteiger partial charge in [-0.3, -0.25) is 14.6 Å². The van der Waals surface area contributed by atoms with Crippen molar-refractivity contribution < 1.29 is 24.2 Å². The van der Waals surface area contributed by atoms with E-state index in [4.69, 9.17) is 14.5 Å². The van der Waals surface area contributed by atoms with Crippen molar-refractivity contribution in [3.8, 4) is 0 Å². The van der Waals surface area contributed by atoms with E-state index >= 15 is 0 Å². The molecule has 39 heavy (non-hydrogen) atoms. The van der Waals surface area contributed by atoms with Crippen LogP contribution in [0.3, 0.4) is 0 Å². The Balaban J connectivity index is 1.35. The lowest BCUT2D eigenvalue weighted by Crippen LogP contribution is -2.11. The molecule has 214 valence electrons. The lowest BCUT2D eigenvalue weighted by atomic mass is 9.92. The summed E-state index contributed by atoms with van der Waals surface area (Å²) >= 11 is 0. The van der Waals surface area contributed by atoms with Crippen molar-refractivity contribution in [1.29, 1.82) is 0 Å². The summed E-state index contributed by atoms with van der Waals surface area (Å²) in [4.78, 5) is 37.3. The van der Waals surface area contributed by atoms with E-state index < -0.39 is 5.97 Å². The van der Waals surface area contributed by atoms with Gasteiger partial charge in [-0.05, 0) is 80.9 Å². The van der Waals surface area contributed by atoms with Crippen LogP contribution in [0.2, 0.25) is 0 Å². The fraction of sp³-hybridized carbons (Fsp3) is 0.645. The normalized spacial score (nSPS) is 13.7. The molecule has 0 saturated heterocycles. The summed E-state index contributed by atoms with van der Waals surface area (Å²) in [6.45, 7) is 4.37. The third-order valence-corrected chi connectivity index (χ3v) is 7.20. The second kappa shape index (κ2) is 17.8. The van der Waals surface area contributed by atoms with E-state index in [9.17, 15) is 14.7 Å². The Morgan fingerprint density at radius 1 is 0.923 bits per heavy atom. The van der Waals surface area contributed by atoms with E-state index in [0.29, 0.717) is 32.7 Å². The van der Waals surface area contributed by atoms with Crippen LogP contribution in [0.15, 0.2) is 24.5 Å². The van der Waals surface area contributed by atoms with E-state index in [2.05, 4.69) is 29.0 Å². The van der Waals surface area contributed by atoms with Gasteiger partial charge in [0.25, 0.3) is 0 Å². The predicted molar refractivity (Wildman–Crippen MR) is 150 cm³/mol. The first-order valence-electron chi connectivity index (χ1n) is 14.8. The zero-order chi connectivity index (χ0) is 27.7. The number of ether oxygens (including phenoxy) is 2. The highest BCUT2D eigenvalue weighted by Crippen LogP contribution is 2.26. The summed E-state index contributed by atoms with van der Waals surface area (Å²) in [5, 5.41) is 9.42. The van der Waals surface area contributed by atoms with Crippen LogP contribution >= 0.6 is 0 Å². The number of pyridine rings is 1. The maximum Gasteiger partial charge on any atom is 0.303 e. The Morgan fingerprint density at radius 2 is 1.67 bits per heavy atom. The molecule has 1 N–H and O–H groups in total. The number of carboxylic acid groups (broad SMARTS) is 1. The van der Waals surface area contributed by atoms with Crippen molar-refractivity contribution in [3.63, 3.8) is 0 Å². The fourth-order valence-corrected chi connectivity index (χ4v) is 5.02. The number of rotatable bonds is 20. The molecule has 3 rings (SSSR count). The zero-order valence-electron chi connectivity index (χ0n) is 23.5. The smallest absolute Gasteiger partial charge is 0.303 e. The van der Waals surface area contributed by atoms with Crippen LogP contribution in [0.25, 0.3) is 0 Å². The number of ketones is 1. The van der Waals surface area contributed by atoms with Crippen LogP contribution in [0.1, 0.15) is 117 Å². The van der Waals surface area contributed by atoms with Crippen LogP contribution in [-0.4, -0.2) is 58.2 Å². The number of carbonyl (C=O) groups is 2. The summed E-state index contributed by atoms with van der Waals surface area (Å²) in [5.74, 6) is -0.943. The summed E-state index contributed by atoms with van der Waals surface area (Å²) < 4.78 is 10.8. The molecule has 0 aliphatic heterocycles. The van der Waals surface area contributed by atoms with Gasteiger partial charge < -0.3 is 14.6 Å². The van der Waals surface area contributed by atoms with Crippen LogP contribution in [-0.2, 0) is 33.5 Å². The van der Waals surface area contributed by atoms with Gasteiger partial charge in [-0.2, -0.15) is 0 Å². The minimum Gasteiger partial charge on any atom is -0.481 e. The molecule has 0 fully saturated rings. The molecule has 0 amide bonds. The van der Waals surface area contributed by atoms with Gasteiger partial charge in [-0.15, -0.1) is 0 Å². The predicted octanol–water partition coefficient (Wildman–Crippen LogP) is 5.91. The van der Waals surface area contributed by atoms with Crippen molar-refractivity contribution in [2.45, 2.75) is 103 Å². The zero-order valence-corrected chi connectivity index (χ0v) is 23.5. The Bertz CT molecular complexity index is 1010. The van der Waals surface area contributed by atoms with Crippen molar-refractivity contribution in [3.05, 3.63) is 52.9 Å². The number of unbranched alkanes of at least 4 members (excludes halogenated alkanes) is 3. The van der Waals surface area contributed by atoms with E-state index in [1.165, 1.54) is 29.8 Å². The molecule has 1 aliphatic carbocycles. The third-order valence-electron chi connectivity index (χ3n) is 7.20. The van der Waals surface area contributed by atoms with Gasteiger partial charge in [0.15, 0.2) is 11.6 Å². The van der Waals surface area contributed by atoms with Crippen molar-refractivity contribution in [2.75, 3.05) is 26.4 Å². The Morgan fingerprint density at radius 3 is 2.44 bits per heavy atom. The summed E-state index contributed by atoms with van der Waals surface area (Å²) in [5.41, 5.74) is 4.69. The van der Waals surface area contributed by atoms with Crippen LogP contribution in [0.4, 0.5) is 0 Å². The average Bonchev–Trinajstić information content (AvgIpc) is 2.95. The maximum absolute atomic E-state index is 12.4. The monoisotopic (exact) mass is 539 g/mol. The molecule has 0 radical (unpaired) electrons. The molecule has 0 saturated carbocycles. The van der Waals surface area contributed by atoms with Gasteiger partial charge in [0.2, 0.25) is 0 Å². The number of Topliss-reactive ketones (excluding diaryl/α,β-unsaturated/α-hetero) is 1. The first-order chi connectivity index (χ1) is 19.1. The van der Waals surface area contributed by atoms with Crippen LogP contribution in [0.5, 0.6) is 0 Å². The molecule has 8 nitrogen and oxygen atoms in total. The highest BCUT2D eigenvalue weighted by Gasteiger charge is 2.18. The number of nitrogens with zero attached hydrogens (tertiary/aromatic N) is 3. The van der Waals surface area contributed by atoms with Crippen molar-refractivity contribution in [2.24, 2.45) is 0 Å². The number of aromatic nitrogens is 3. The van der Waals surface area contributed by atoms with Crippen molar-refractivity contribution in [1.82, 2.24) is 15.0 Å². The lowest BCUT2D eigenvalue weighted by molar-refractivity contribution is -0.137. The minimum absolute atomic E-state index is 0.0367. The first kappa shape index (κ1) is 30.8. The molecule has 0 unspecified atom stereocenters. The Labute approximate surface area is 233 Å². The molecular weight excluding hydrogens is 494 g/mol. The highest BCUT2D eigenvalue weighted by molar-refractivity contribution is 5.92. The highest BCUT2D eigenvalue weighted by atomic mass is 16.5. The number of hydrogen-bond donors (Lipinski definition) is 1. The minimum atomic E-state index is -0.835. The average molecular weight is 540 g/mol. The number of hydrogen-bond acceptors (Lipinski definition) is 7. The fourth-order valence-electron chi connectivity index (χ4n) is 5.02. The molecular formula is C31H45N3O5. The van der Waals surface area contributed by atoms with E-state index in [0.717, 1.165) is 70.0 Å². The van der Waals surface area contributed by atoms with Gasteiger partial charge in [0.05, 0.1) is 19.6 Å². The SMILES string of the molecule is CCCOCCOCCCC(=O)c1ncc([C@@H](CCCCCCc2ccc3c(n2)CCCC3)CC(=O)O)cn1. The third kappa shape index (κ3) is 11.5. The molecule has 1 atom stereocenters. The summed E-state index contributed by atoms with van der Waals surface area (Å²) in [6, 6.07) is 4.44. The molecule has 1 aliphatic rings. The van der Waals surface area contributed by atoms with E-state index in [-0.39, 0.29) is 23.9 Å². The second-order valence-electron chi connectivity index (χ2n) is 10.5. The number of aryl methyl sites for hydroxylation is 3. The van der Waals surface area contributed by atoms with E-state index in [1.807, 2.05) is 0 Å². The largest absolute Gasteiger partial charge is 0.481 e. The maximum atomic E-state index is 12.4. The lowest BCUT2D eigenvalue weighted by Gasteiger charge is -2.16. The van der Waals surface area contributed by atoms with Crippen molar-refractivity contribution >= 4 is 11.8 Å². The Hall–Kier alpha value is -2.71. The molecule has 2 aromatic rings. The molecule has 0 bridgehead atoms. The van der Waals surface area contributed by atoms with Gasteiger partial charge in [0, 0.05) is 43.4 Å². The van der Waals surface area contributed by atoms with Crippen LogP contribution in [0, 0.1) is 0 Å². The summed E-state index contributed by atoms with van der Waals surface area (Å²) in [6.07, 6.45) is 15.9. The van der Waals surface area contributed by atoms with Gasteiger partial charge >= 0.3 is 5.97 Å². The first-order valence-corrected chi connectivity index (χ1v) is 14.8. The topological polar surface area (TPSA) is 112 Å². The number of aliphatic carboxylic acids is 1. The van der Waals surface area contributed by atoms with Gasteiger partial charge in [0.1, 0.15) is 0 Å². The molecule has 2 heterocycles. The van der Waals surface area contributed by atoms with Crippen LogP contribution < -0.4 is 0 Å². The quantitative estimate of drug-likeness (QED) is 0.163. The second-order valence-corrected chi connectivity index (χ2v) is 10.5. The number of fused-ring (bicyclic) bond motifs is 1. The number of carbonyl (C=O) groups excluding carboxylic acids is 1. The standard InChI is InChI=1S/C31H45N3O5/c1-2-17-38-19-20-39-18-9-14-29(35)31-32-22-26(23-33-31)25(21-30(36)37)11-5-3-4-6-12-27-16-15-24-10-7-8-13-28(24)34-27/h15-16,22-23,25H,2-14,17-21H2,1H3,(H,36,37)/t25-/m0/s1. The molecule has 2 aromatic heterocycles. The number of carboxylic acids is 1.